The van der Waals surface area contributed by atoms with Crippen molar-refractivity contribution in [2.75, 3.05) is 25.0 Å². The van der Waals surface area contributed by atoms with E-state index >= 15 is 0 Å². The zero-order chi connectivity index (χ0) is 19.5. The van der Waals surface area contributed by atoms with Gasteiger partial charge in [-0.15, -0.1) is 0 Å². The van der Waals surface area contributed by atoms with Crippen LogP contribution in [-0.4, -0.2) is 36.3 Å². The Kier molecular flexibility index (Phi) is 5.44. The summed E-state index contributed by atoms with van der Waals surface area (Å²) in [4.78, 5) is 26.6. The molecule has 5 heteroatoms. The number of nitrogens with one attached hydrogen (secondary N) is 1. The Bertz CT molecular complexity index is 831. The Morgan fingerprint density at radius 3 is 2.36 bits per heavy atom. The van der Waals surface area contributed by atoms with Crippen LogP contribution in [0.1, 0.15) is 29.9 Å². The van der Waals surface area contributed by atoms with E-state index in [1.165, 1.54) is 5.56 Å². The molecule has 1 saturated heterocycles. The maximum absolute atomic E-state index is 12.8. The standard InChI is InChI=1S/C23H27N3O2/c24-13-19-14-26(15-21(19)17-4-2-1-3-5-17)22(27)12-16-6-10-20(11-7-16)25-23(28)18-8-9-18/h1-7,10-11,18-19,21H,8-9,12-15,24H2,(H,25,28)/t19-,21+/m1/s1. The molecule has 1 aliphatic carbocycles. The highest BCUT2D eigenvalue weighted by molar-refractivity contribution is 5.94. The van der Waals surface area contributed by atoms with Gasteiger partial charge in [0.1, 0.15) is 0 Å². The first kappa shape index (κ1) is 18.7. The van der Waals surface area contributed by atoms with Gasteiger partial charge in [-0.2, -0.15) is 0 Å². The third-order valence-corrected chi connectivity index (χ3v) is 5.85. The van der Waals surface area contributed by atoms with Crippen molar-refractivity contribution in [2.24, 2.45) is 17.6 Å². The van der Waals surface area contributed by atoms with Gasteiger partial charge in [-0.3, -0.25) is 9.59 Å². The second kappa shape index (κ2) is 8.15. The summed E-state index contributed by atoms with van der Waals surface area (Å²) in [6.07, 6.45) is 2.35. The monoisotopic (exact) mass is 377 g/mol. The van der Waals surface area contributed by atoms with E-state index in [1.807, 2.05) is 47.4 Å². The zero-order valence-corrected chi connectivity index (χ0v) is 16.0. The average molecular weight is 377 g/mol. The summed E-state index contributed by atoms with van der Waals surface area (Å²) in [5.74, 6) is 1.01. The molecule has 2 aromatic carbocycles. The van der Waals surface area contributed by atoms with E-state index in [0.717, 1.165) is 30.6 Å². The molecule has 28 heavy (non-hydrogen) atoms. The molecule has 0 aromatic heterocycles. The Labute approximate surface area is 165 Å². The minimum Gasteiger partial charge on any atom is -0.341 e. The van der Waals surface area contributed by atoms with Gasteiger partial charge in [-0.1, -0.05) is 42.5 Å². The van der Waals surface area contributed by atoms with Crippen LogP contribution in [0.5, 0.6) is 0 Å². The van der Waals surface area contributed by atoms with Gasteiger partial charge in [0.25, 0.3) is 0 Å². The Hall–Kier alpha value is -2.66. The van der Waals surface area contributed by atoms with E-state index in [1.54, 1.807) is 0 Å². The molecule has 1 heterocycles. The van der Waals surface area contributed by atoms with Crippen LogP contribution in [0.2, 0.25) is 0 Å². The summed E-state index contributed by atoms with van der Waals surface area (Å²) in [5, 5.41) is 2.93. The smallest absolute Gasteiger partial charge is 0.227 e. The predicted molar refractivity (Wildman–Crippen MR) is 110 cm³/mol. The number of nitrogens with two attached hydrogens (primary N) is 1. The van der Waals surface area contributed by atoms with Gasteiger partial charge >= 0.3 is 0 Å². The summed E-state index contributed by atoms with van der Waals surface area (Å²) in [6.45, 7) is 2.02. The number of nitrogens with zero attached hydrogens (tertiary/aromatic N) is 1. The Balaban J connectivity index is 1.36. The van der Waals surface area contributed by atoms with Crippen molar-refractivity contribution in [2.45, 2.75) is 25.2 Å². The number of hydrogen-bond donors (Lipinski definition) is 2. The second-order valence-corrected chi connectivity index (χ2v) is 7.95. The number of benzene rings is 2. The molecular weight excluding hydrogens is 350 g/mol. The van der Waals surface area contributed by atoms with Gasteiger partial charge in [0.2, 0.25) is 11.8 Å². The van der Waals surface area contributed by atoms with Crippen LogP contribution in [0.15, 0.2) is 54.6 Å². The fourth-order valence-electron chi connectivity index (χ4n) is 3.97. The maximum Gasteiger partial charge on any atom is 0.227 e. The van der Waals surface area contributed by atoms with Crippen LogP contribution in [0.4, 0.5) is 5.69 Å². The van der Waals surface area contributed by atoms with Crippen molar-refractivity contribution < 1.29 is 9.59 Å². The van der Waals surface area contributed by atoms with Gasteiger partial charge in [0.15, 0.2) is 0 Å². The van der Waals surface area contributed by atoms with Gasteiger partial charge in [0, 0.05) is 30.6 Å². The highest BCUT2D eigenvalue weighted by Crippen LogP contribution is 2.32. The van der Waals surface area contributed by atoms with Crippen molar-refractivity contribution in [3.05, 3.63) is 65.7 Å². The number of amides is 2. The van der Waals surface area contributed by atoms with E-state index in [4.69, 9.17) is 5.73 Å². The molecule has 5 nitrogen and oxygen atoms in total. The number of hydrogen-bond acceptors (Lipinski definition) is 3. The lowest BCUT2D eigenvalue weighted by Crippen LogP contribution is -2.31. The quantitative estimate of drug-likeness (QED) is 0.813. The summed E-state index contributed by atoms with van der Waals surface area (Å²) in [7, 11) is 0. The van der Waals surface area contributed by atoms with Crippen molar-refractivity contribution in [1.29, 1.82) is 0 Å². The fraction of sp³-hybridized carbons (Fsp3) is 0.391. The number of likely N-dealkylation sites (tertiary alicyclic amines) is 1. The molecule has 2 atom stereocenters. The first-order valence-electron chi connectivity index (χ1n) is 10.1. The summed E-state index contributed by atoms with van der Waals surface area (Å²) in [5.41, 5.74) is 8.99. The highest BCUT2D eigenvalue weighted by atomic mass is 16.2. The number of carbonyl (C=O) groups excluding carboxylic acids is 2. The molecule has 1 saturated carbocycles. The van der Waals surface area contributed by atoms with Gasteiger partial charge in [0.05, 0.1) is 6.42 Å². The average Bonchev–Trinajstić information content (AvgIpc) is 3.49. The number of anilines is 1. The summed E-state index contributed by atoms with van der Waals surface area (Å²) in [6, 6.07) is 17.9. The Morgan fingerprint density at radius 2 is 1.71 bits per heavy atom. The number of carbonyl (C=O) groups is 2. The first-order valence-corrected chi connectivity index (χ1v) is 10.1. The van der Waals surface area contributed by atoms with E-state index in [9.17, 15) is 9.59 Å². The molecule has 1 aliphatic heterocycles. The van der Waals surface area contributed by atoms with Crippen LogP contribution in [0, 0.1) is 11.8 Å². The summed E-state index contributed by atoms with van der Waals surface area (Å²) < 4.78 is 0. The van der Waals surface area contributed by atoms with Crippen molar-refractivity contribution in [3.8, 4) is 0 Å². The minimum absolute atomic E-state index is 0.0978. The molecule has 4 rings (SSSR count). The molecule has 0 radical (unpaired) electrons. The Morgan fingerprint density at radius 1 is 1.00 bits per heavy atom. The zero-order valence-electron chi connectivity index (χ0n) is 16.0. The predicted octanol–water partition coefficient (Wildman–Crippen LogP) is 2.78. The lowest BCUT2D eigenvalue weighted by molar-refractivity contribution is -0.129. The van der Waals surface area contributed by atoms with Crippen LogP contribution in [-0.2, 0) is 16.0 Å². The molecule has 2 aromatic rings. The lowest BCUT2D eigenvalue weighted by Gasteiger charge is -2.17. The van der Waals surface area contributed by atoms with Gasteiger partial charge < -0.3 is 16.0 Å². The summed E-state index contributed by atoms with van der Waals surface area (Å²) >= 11 is 0. The van der Waals surface area contributed by atoms with Crippen molar-refractivity contribution in [1.82, 2.24) is 4.90 Å². The second-order valence-electron chi connectivity index (χ2n) is 7.95. The SMILES string of the molecule is NC[C@@H]1CN(C(=O)Cc2ccc(NC(=O)C3CC3)cc2)C[C@H]1c1ccccc1. The van der Waals surface area contributed by atoms with Crippen LogP contribution < -0.4 is 11.1 Å². The van der Waals surface area contributed by atoms with Crippen molar-refractivity contribution >= 4 is 17.5 Å². The molecular formula is C23H27N3O2. The molecule has 0 unspecified atom stereocenters. The van der Waals surface area contributed by atoms with Crippen LogP contribution in [0.3, 0.4) is 0 Å². The fourth-order valence-corrected chi connectivity index (χ4v) is 3.97. The third kappa shape index (κ3) is 4.25. The molecule has 0 bridgehead atoms. The first-order chi connectivity index (χ1) is 13.6. The largest absolute Gasteiger partial charge is 0.341 e. The van der Waals surface area contributed by atoms with Crippen LogP contribution in [0.25, 0.3) is 0 Å². The maximum atomic E-state index is 12.8. The van der Waals surface area contributed by atoms with E-state index in [-0.39, 0.29) is 17.7 Å². The third-order valence-electron chi connectivity index (χ3n) is 5.85. The van der Waals surface area contributed by atoms with Crippen molar-refractivity contribution in [3.63, 3.8) is 0 Å². The molecule has 2 amide bonds. The normalized spacial score (nSPS) is 21.5. The minimum atomic E-state index is 0.0978. The van der Waals surface area contributed by atoms with Crippen LogP contribution >= 0.6 is 0 Å². The molecule has 146 valence electrons. The van der Waals surface area contributed by atoms with Gasteiger partial charge in [-0.05, 0) is 48.6 Å². The number of rotatable bonds is 6. The molecule has 0 spiro atoms. The molecule has 2 aliphatic rings. The topological polar surface area (TPSA) is 75.4 Å². The molecule has 2 fully saturated rings. The van der Waals surface area contributed by atoms with E-state index in [2.05, 4.69) is 17.4 Å². The molecule has 3 N–H and O–H groups in total. The lowest BCUT2D eigenvalue weighted by atomic mass is 9.89. The van der Waals surface area contributed by atoms with E-state index < -0.39 is 0 Å². The van der Waals surface area contributed by atoms with E-state index in [0.29, 0.717) is 31.3 Å². The highest BCUT2D eigenvalue weighted by Gasteiger charge is 2.35. The van der Waals surface area contributed by atoms with Gasteiger partial charge in [-0.25, -0.2) is 0 Å².